The molecule has 0 aromatic rings. The normalized spacial score (nSPS) is 39.4. The lowest BCUT2D eigenvalue weighted by Crippen LogP contribution is -2.64. The highest BCUT2D eigenvalue weighted by atomic mass is 16.5. The molecule has 0 spiro atoms. The van der Waals surface area contributed by atoms with Crippen molar-refractivity contribution < 1.29 is 9.53 Å². The predicted molar refractivity (Wildman–Crippen MR) is 131 cm³/mol. The molecule has 0 saturated heterocycles. The van der Waals surface area contributed by atoms with Gasteiger partial charge in [0.1, 0.15) is 6.10 Å². The number of hydrogen-bond acceptors (Lipinski definition) is 2. The van der Waals surface area contributed by atoms with E-state index in [9.17, 15) is 4.79 Å². The molecule has 2 nitrogen and oxygen atoms in total. The Labute approximate surface area is 197 Å². The zero-order chi connectivity index (χ0) is 22.1. The first-order valence-corrected chi connectivity index (χ1v) is 14.5. The van der Waals surface area contributed by atoms with Crippen LogP contribution in [0.4, 0.5) is 0 Å². The molecular formula is C30H48O2. The van der Waals surface area contributed by atoms with Crippen molar-refractivity contribution in [2.45, 2.75) is 122 Å². The predicted octanol–water partition coefficient (Wildman–Crippen LogP) is 8.10. The maximum Gasteiger partial charge on any atom is 0.330 e. The summed E-state index contributed by atoms with van der Waals surface area (Å²) in [5.74, 6) is 5.75. The number of carbonyl (C=O) groups is 1. The Morgan fingerprint density at radius 2 is 1.22 bits per heavy atom. The van der Waals surface area contributed by atoms with E-state index in [-0.39, 0.29) is 17.5 Å². The third kappa shape index (κ3) is 4.11. The van der Waals surface area contributed by atoms with E-state index in [1.807, 2.05) is 0 Å². The van der Waals surface area contributed by atoms with Crippen LogP contribution in [0.1, 0.15) is 116 Å². The summed E-state index contributed by atoms with van der Waals surface area (Å²) in [5.41, 5.74) is 0.218. The summed E-state index contributed by atoms with van der Waals surface area (Å²) in [6.45, 7) is 6.06. The maximum atomic E-state index is 12.5. The van der Waals surface area contributed by atoms with Crippen LogP contribution < -0.4 is 0 Å². The molecule has 0 heterocycles. The van der Waals surface area contributed by atoms with Gasteiger partial charge >= 0.3 is 5.97 Å². The molecule has 0 aliphatic heterocycles. The first kappa shape index (κ1) is 23.0. The van der Waals surface area contributed by atoms with E-state index in [1.165, 1.54) is 115 Å². The second kappa shape index (κ2) is 9.83. The molecule has 6 saturated carbocycles. The van der Waals surface area contributed by atoms with Gasteiger partial charge in [0.15, 0.2) is 0 Å². The second-order valence-electron chi connectivity index (χ2n) is 12.6. The van der Waals surface area contributed by atoms with Gasteiger partial charge in [-0.25, -0.2) is 4.79 Å². The van der Waals surface area contributed by atoms with Crippen LogP contribution in [0.2, 0.25) is 0 Å². The topological polar surface area (TPSA) is 26.3 Å². The monoisotopic (exact) mass is 440 g/mol. The third-order valence-corrected chi connectivity index (χ3v) is 11.1. The molecule has 6 aliphatic rings. The number of hydrogen-bond donors (Lipinski definition) is 0. The quantitative estimate of drug-likeness (QED) is 0.237. The van der Waals surface area contributed by atoms with Crippen molar-refractivity contribution in [1.29, 1.82) is 0 Å². The minimum atomic E-state index is -0.189. The van der Waals surface area contributed by atoms with Crippen LogP contribution in [0.5, 0.6) is 0 Å². The molecule has 0 aromatic heterocycles. The van der Waals surface area contributed by atoms with Crippen LogP contribution in [0.3, 0.4) is 0 Å². The average Bonchev–Trinajstić information content (AvgIpc) is 3.21. The molecule has 6 aliphatic carbocycles. The first-order valence-electron chi connectivity index (χ1n) is 14.5. The van der Waals surface area contributed by atoms with Gasteiger partial charge in [0.05, 0.1) is 0 Å². The van der Waals surface area contributed by atoms with Crippen molar-refractivity contribution in [1.82, 2.24) is 0 Å². The van der Waals surface area contributed by atoms with E-state index in [1.54, 1.807) is 0 Å². The van der Waals surface area contributed by atoms with Crippen LogP contribution in [0.15, 0.2) is 12.7 Å². The lowest BCUT2D eigenvalue weighted by atomic mass is 9.38. The Kier molecular flexibility index (Phi) is 7.06. The Morgan fingerprint density at radius 1 is 0.781 bits per heavy atom. The molecule has 6 fully saturated rings. The number of ether oxygens (including phenoxy) is 1. The van der Waals surface area contributed by atoms with Gasteiger partial charge in [-0.15, -0.1) is 0 Å². The van der Waals surface area contributed by atoms with Gasteiger partial charge in [-0.2, -0.15) is 0 Å². The Bertz CT molecular complexity index is 602. The van der Waals surface area contributed by atoms with Crippen LogP contribution in [-0.2, 0) is 9.53 Å². The van der Waals surface area contributed by atoms with Crippen LogP contribution in [0, 0.1) is 46.8 Å². The first-order chi connectivity index (χ1) is 15.6. The van der Waals surface area contributed by atoms with Crippen LogP contribution in [0.25, 0.3) is 0 Å². The third-order valence-electron chi connectivity index (χ3n) is 11.1. The molecule has 2 heteroatoms. The highest BCUT2D eigenvalue weighted by Gasteiger charge is 2.65. The summed E-state index contributed by atoms with van der Waals surface area (Å²) in [7, 11) is 0. The van der Waals surface area contributed by atoms with Crippen molar-refractivity contribution in [3.05, 3.63) is 12.7 Å². The SMILES string of the molecule is C=CC(=O)OC(C)C1(C(C2CCCCCC2)C2CCCCCC2)C2CC3CC(C2)CC1C3. The van der Waals surface area contributed by atoms with E-state index in [0.29, 0.717) is 0 Å². The number of esters is 1. The van der Waals surface area contributed by atoms with E-state index < -0.39 is 0 Å². The summed E-state index contributed by atoms with van der Waals surface area (Å²) in [5, 5.41) is 0. The van der Waals surface area contributed by atoms with Crippen molar-refractivity contribution in [3.63, 3.8) is 0 Å². The van der Waals surface area contributed by atoms with Crippen LogP contribution in [-0.4, -0.2) is 12.1 Å². The number of rotatable bonds is 6. The van der Waals surface area contributed by atoms with Gasteiger partial charge in [0.2, 0.25) is 0 Å². The van der Waals surface area contributed by atoms with E-state index >= 15 is 0 Å². The molecule has 6 rings (SSSR count). The molecule has 0 amide bonds. The highest BCUT2D eigenvalue weighted by molar-refractivity contribution is 5.81. The van der Waals surface area contributed by atoms with Crippen molar-refractivity contribution in [3.8, 4) is 0 Å². The standard InChI is InChI=1S/C30H48O2/c1-3-28(31)32-21(2)30(26-17-22-16-23(19-26)20-27(30)18-22)29(24-12-8-4-5-9-13-24)25-14-10-6-7-11-15-25/h3,21-27,29H,1,4-20H2,2H3. The van der Waals surface area contributed by atoms with Gasteiger partial charge in [0, 0.05) is 11.5 Å². The van der Waals surface area contributed by atoms with Gasteiger partial charge in [-0.3, -0.25) is 0 Å². The molecule has 0 radical (unpaired) electrons. The minimum absolute atomic E-state index is 0.0412. The zero-order valence-corrected chi connectivity index (χ0v) is 20.7. The van der Waals surface area contributed by atoms with Gasteiger partial charge < -0.3 is 4.74 Å². The summed E-state index contributed by atoms with van der Waals surface area (Å²) < 4.78 is 6.30. The molecule has 4 bridgehead atoms. The smallest absolute Gasteiger partial charge is 0.330 e. The molecule has 1 atom stereocenters. The summed E-state index contributed by atoms with van der Waals surface area (Å²) in [4.78, 5) is 12.5. The van der Waals surface area contributed by atoms with Crippen molar-refractivity contribution in [2.24, 2.45) is 46.8 Å². The largest absolute Gasteiger partial charge is 0.459 e. The summed E-state index contributed by atoms with van der Waals surface area (Å²) in [6, 6.07) is 0. The number of carbonyl (C=O) groups excluding carboxylic acids is 1. The van der Waals surface area contributed by atoms with Gasteiger partial charge in [-0.05, 0) is 80.5 Å². The zero-order valence-electron chi connectivity index (χ0n) is 20.7. The molecular weight excluding hydrogens is 392 g/mol. The summed E-state index contributed by atoms with van der Waals surface area (Å²) in [6.07, 6.45) is 25.7. The molecule has 180 valence electrons. The Hall–Kier alpha value is -0.790. The summed E-state index contributed by atoms with van der Waals surface area (Å²) >= 11 is 0. The highest BCUT2D eigenvalue weighted by Crippen LogP contribution is 2.69. The Balaban J connectivity index is 1.58. The molecule has 0 aromatic carbocycles. The molecule has 1 unspecified atom stereocenters. The lowest BCUT2D eigenvalue weighted by molar-refractivity contribution is -0.223. The van der Waals surface area contributed by atoms with Gasteiger partial charge in [0.25, 0.3) is 0 Å². The van der Waals surface area contributed by atoms with Crippen LogP contribution >= 0.6 is 0 Å². The minimum Gasteiger partial charge on any atom is -0.459 e. The fraction of sp³-hybridized carbons (Fsp3) is 0.900. The fourth-order valence-electron chi connectivity index (χ4n) is 10.3. The lowest BCUT2D eigenvalue weighted by Gasteiger charge is -2.67. The van der Waals surface area contributed by atoms with Crippen molar-refractivity contribution in [2.75, 3.05) is 0 Å². The van der Waals surface area contributed by atoms with Crippen molar-refractivity contribution >= 4 is 5.97 Å². The second-order valence-corrected chi connectivity index (χ2v) is 12.6. The molecule has 32 heavy (non-hydrogen) atoms. The molecule has 0 N–H and O–H groups in total. The average molecular weight is 441 g/mol. The van der Waals surface area contributed by atoms with Gasteiger partial charge in [-0.1, -0.05) is 83.6 Å². The Morgan fingerprint density at radius 3 is 1.62 bits per heavy atom. The van der Waals surface area contributed by atoms with E-state index in [4.69, 9.17) is 4.74 Å². The fourth-order valence-corrected chi connectivity index (χ4v) is 10.3. The maximum absolute atomic E-state index is 12.5. The van der Waals surface area contributed by atoms with E-state index in [0.717, 1.165) is 41.4 Å². The van der Waals surface area contributed by atoms with E-state index in [2.05, 4.69) is 13.5 Å².